The van der Waals surface area contributed by atoms with Crippen LogP contribution in [0.25, 0.3) is 0 Å². The number of carbonyl (C=O) groups excluding carboxylic acids is 2. The van der Waals surface area contributed by atoms with Gasteiger partial charge in [0.25, 0.3) is 0 Å². The highest BCUT2D eigenvalue weighted by molar-refractivity contribution is 7.98. The second-order valence-corrected chi connectivity index (χ2v) is 12.1. The number of thioether (sulfide) groups is 1. The van der Waals surface area contributed by atoms with Gasteiger partial charge >= 0.3 is 6.03 Å². The van der Waals surface area contributed by atoms with Crippen molar-refractivity contribution in [3.63, 3.8) is 0 Å². The molecule has 0 unspecified atom stereocenters. The molecule has 2 heterocycles. The maximum Gasteiger partial charge on any atom is 0.321 e. The van der Waals surface area contributed by atoms with E-state index in [0.717, 1.165) is 37.1 Å². The summed E-state index contributed by atoms with van der Waals surface area (Å²) in [4.78, 5) is 38.3. The summed E-state index contributed by atoms with van der Waals surface area (Å²) in [5.41, 5.74) is 1.11. The molecule has 7 nitrogen and oxygen atoms in total. The molecule has 3 fully saturated rings. The fourth-order valence-corrected chi connectivity index (χ4v) is 6.80. The van der Waals surface area contributed by atoms with Gasteiger partial charge in [-0.3, -0.25) is 9.69 Å². The zero-order valence-corrected chi connectivity index (χ0v) is 23.1. The summed E-state index contributed by atoms with van der Waals surface area (Å²) in [6, 6.07) is 14.6. The molecule has 2 aromatic rings. The van der Waals surface area contributed by atoms with E-state index in [-0.39, 0.29) is 29.6 Å². The number of aromatic nitrogens is 1. The number of nitrogens with zero attached hydrogens (tertiary/aromatic N) is 4. The van der Waals surface area contributed by atoms with Gasteiger partial charge in [-0.2, -0.15) is 0 Å². The molecular formula is C29H39N5O2S. The number of carbonyl (C=O) groups is 2. The van der Waals surface area contributed by atoms with E-state index in [2.05, 4.69) is 64.5 Å². The van der Waals surface area contributed by atoms with E-state index in [1.807, 2.05) is 18.4 Å². The third kappa shape index (κ3) is 5.10. The molecule has 0 atom stereocenters. The van der Waals surface area contributed by atoms with Crippen molar-refractivity contribution in [1.29, 1.82) is 0 Å². The topological polar surface area (TPSA) is 68.8 Å². The van der Waals surface area contributed by atoms with E-state index < -0.39 is 0 Å². The van der Waals surface area contributed by atoms with E-state index in [0.29, 0.717) is 18.3 Å². The van der Waals surface area contributed by atoms with Crippen LogP contribution in [-0.2, 0) is 10.3 Å². The van der Waals surface area contributed by atoms with E-state index in [4.69, 9.17) is 0 Å². The van der Waals surface area contributed by atoms with Gasteiger partial charge in [0.2, 0.25) is 5.91 Å². The van der Waals surface area contributed by atoms with Crippen LogP contribution in [0.2, 0.25) is 0 Å². The number of nitrogens with one attached hydrogen (secondary N) is 1. The molecule has 3 aliphatic rings. The van der Waals surface area contributed by atoms with Gasteiger partial charge in [0.1, 0.15) is 12.4 Å². The first-order chi connectivity index (χ1) is 17.8. The number of rotatable bonds is 8. The van der Waals surface area contributed by atoms with Crippen molar-refractivity contribution >= 4 is 29.5 Å². The standard InChI is InChI=1S/C29H39N5O2S/c1-32(2)29(23-10-5-4-6-11-23)16-14-28(15-17-29)21-33(27(36)34(28)19-22-8-7-9-22)20-26(35)31-25-13-12-24(37-3)18-30-25/h4-6,10-13,18,22H,7-9,14-17,19-21H2,1-3H3,(H,30,31,35)/t28-,29+. The summed E-state index contributed by atoms with van der Waals surface area (Å²) in [5.74, 6) is 0.913. The third-order valence-corrected chi connectivity index (χ3v) is 9.69. The first kappa shape index (κ1) is 26.0. The van der Waals surface area contributed by atoms with Crippen LogP contribution in [0.5, 0.6) is 0 Å². The molecule has 1 saturated heterocycles. The maximum absolute atomic E-state index is 13.7. The average Bonchev–Trinajstić information content (AvgIpc) is 3.12. The van der Waals surface area contributed by atoms with Crippen LogP contribution in [0, 0.1) is 5.92 Å². The smallest absolute Gasteiger partial charge is 0.317 e. The summed E-state index contributed by atoms with van der Waals surface area (Å²) >= 11 is 1.61. The Bertz CT molecular complexity index is 1100. The first-order valence-electron chi connectivity index (χ1n) is 13.4. The molecule has 37 heavy (non-hydrogen) atoms. The highest BCUT2D eigenvalue weighted by atomic mass is 32.2. The minimum absolute atomic E-state index is 0.0183. The van der Waals surface area contributed by atoms with Crippen LogP contribution in [0.3, 0.4) is 0 Å². The van der Waals surface area contributed by atoms with Crippen molar-refractivity contribution < 1.29 is 9.59 Å². The predicted molar refractivity (Wildman–Crippen MR) is 149 cm³/mol. The average molecular weight is 522 g/mol. The Morgan fingerprint density at radius 3 is 2.41 bits per heavy atom. The van der Waals surface area contributed by atoms with Gasteiger partial charge in [-0.05, 0) is 82.5 Å². The summed E-state index contributed by atoms with van der Waals surface area (Å²) in [6.07, 6.45) is 11.3. The molecule has 0 bridgehead atoms. The minimum Gasteiger partial charge on any atom is -0.317 e. The van der Waals surface area contributed by atoms with Crippen LogP contribution < -0.4 is 5.32 Å². The number of hydrogen-bond donors (Lipinski definition) is 1. The Labute approximate surface area is 225 Å². The number of pyridine rings is 1. The Morgan fingerprint density at radius 2 is 1.84 bits per heavy atom. The summed E-state index contributed by atoms with van der Waals surface area (Å²) in [6.45, 7) is 1.49. The van der Waals surface area contributed by atoms with Crippen molar-refractivity contribution in [2.24, 2.45) is 5.92 Å². The fourth-order valence-electron chi connectivity index (χ4n) is 6.44. The molecule has 1 N–H and O–H groups in total. The fraction of sp³-hybridized carbons (Fsp3) is 0.552. The first-order valence-corrected chi connectivity index (χ1v) is 14.7. The number of amides is 3. The normalized spacial score (nSPS) is 26.1. The Morgan fingerprint density at radius 1 is 1.11 bits per heavy atom. The van der Waals surface area contributed by atoms with Gasteiger partial charge in [0.15, 0.2) is 0 Å². The number of hydrogen-bond acceptors (Lipinski definition) is 5. The van der Waals surface area contributed by atoms with E-state index >= 15 is 0 Å². The summed E-state index contributed by atoms with van der Waals surface area (Å²) in [7, 11) is 4.35. The second-order valence-electron chi connectivity index (χ2n) is 11.2. The summed E-state index contributed by atoms with van der Waals surface area (Å²) in [5, 5.41) is 2.88. The molecule has 1 aromatic heterocycles. The van der Waals surface area contributed by atoms with Crippen molar-refractivity contribution in [3.8, 4) is 0 Å². The predicted octanol–water partition coefficient (Wildman–Crippen LogP) is 5.05. The van der Waals surface area contributed by atoms with Crippen molar-refractivity contribution in [1.82, 2.24) is 19.7 Å². The Kier molecular flexibility index (Phi) is 7.50. The molecule has 3 amide bonds. The van der Waals surface area contributed by atoms with Gasteiger partial charge in [-0.25, -0.2) is 9.78 Å². The lowest BCUT2D eigenvalue weighted by atomic mass is 9.68. The number of benzene rings is 1. The van der Waals surface area contributed by atoms with Crippen molar-refractivity contribution in [2.45, 2.75) is 60.9 Å². The summed E-state index contributed by atoms with van der Waals surface area (Å²) < 4.78 is 0. The molecule has 8 heteroatoms. The van der Waals surface area contributed by atoms with E-state index in [1.54, 1.807) is 22.9 Å². The maximum atomic E-state index is 13.7. The highest BCUT2D eigenvalue weighted by Crippen LogP contribution is 2.49. The van der Waals surface area contributed by atoms with Crippen molar-refractivity contribution in [3.05, 3.63) is 54.2 Å². The molecule has 1 aromatic carbocycles. The molecule has 1 aliphatic heterocycles. The number of urea groups is 1. The molecule has 2 aliphatic carbocycles. The lowest BCUT2D eigenvalue weighted by Gasteiger charge is -2.51. The van der Waals surface area contributed by atoms with Crippen LogP contribution in [-0.4, -0.2) is 77.1 Å². The lowest BCUT2D eigenvalue weighted by Crippen LogP contribution is -2.56. The molecule has 0 radical (unpaired) electrons. The highest BCUT2D eigenvalue weighted by Gasteiger charge is 2.55. The Hall–Kier alpha value is -2.58. The zero-order chi connectivity index (χ0) is 26.0. The van der Waals surface area contributed by atoms with Crippen LogP contribution in [0.4, 0.5) is 10.6 Å². The minimum atomic E-state index is -0.209. The van der Waals surface area contributed by atoms with Gasteiger partial charge < -0.3 is 15.1 Å². The SMILES string of the molecule is CSc1ccc(NC(=O)CN2C[C@]3(CC[C@](c4ccccc4)(N(C)C)CC3)N(CC3CCC3)C2=O)nc1. The van der Waals surface area contributed by atoms with Gasteiger partial charge in [0, 0.05) is 29.7 Å². The monoisotopic (exact) mass is 521 g/mol. The molecule has 198 valence electrons. The molecule has 1 spiro atoms. The van der Waals surface area contributed by atoms with Gasteiger partial charge in [-0.1, -0.05) is 36.8 Å². The number of anilines is 1. The van der Waals surface area contributed by atoms with E-state index in [9.17, 15) is 9.59 Å². The molecular weight excluding hydrogens is 482 g/mol. The molecule has 5 rings (SSSR count). The van der Waals surface area contributed by atoms with Crippen molar-refractivity contribution in [2.75, 3.05) is 45.3 Å². The quantitative estimate of drug-likeness (QED) is 0.493. The third-order valence-electron chi connectivity index (χ3n) is 8.97. The molecule has 2 saturated carbocycles. The van der Waals surface area contributed by atoms with Gasteiger partial charge in [0.05, 0.1) is 5.54 Å². The second kappa shape index (κ2) is 10.7. The Balaban J connectivity index is 1.32. The van der Waals surface area contributed by atoms with Crippen LogP contribution in [0.1, 0.15) is 50.5 Å². The lowest BCUT2D eigenvalue weighted by molar-refractivity contribution is -0.116. The van der Waals surface area contributed by atoms with Gasteiger partial charge in [-0.15, -0.1) is 11.8 Å². The van der Waals surface area contributed by atoms with E-state index in [1.165, 1.54) is 24.8 Å². The van der Waals surface area contributed by atoms with Crippen LogP contribution in [0.15, 0.2) is 53.6 Å². The zero-order valence-electron chi connectivity index (χ0n) is 22.3. The van der Waals surface area contributed by atoms with Crippen LogP contribution >= 0.6 is 11.8 Å². The largest absolute Gasteiger partial charge is 0.321 e.